The maximum Gasteiger partial charge on any atom is 0.215 e. The van der Waals surface area contributed by atoms with Crippen molar-refractivity contribution in [2.24, 2.45) is 0 Å². The van der Waals surface area contributed by atoms with Crippen molar-refractivity contribution >= 4 is 0 Å². The number of ether oxygens (including phenoxy) is 1. The predicted octanol–water partition coefficient (Wildman–Crippen LogP) is 1.76. The average molecular weight is 215 g/mol. The third-order valence-electron chi connectivity index (χ3n) is 2.93. The van der Waals surface area contributed by atoms with E-state index in [1.807, 2.05) is 16.8 Å². The maximum atomic E-state index is 5.10. The normalized spacial score (nSPS) is 13.8. The Hall–Kier alpha value is -1.84. The molecule has 0 radical (unpaired) electrons. The number of nitrogens with zero attached hydrogens (tertiary/aromatic N) is 3. The van der Waals surface area contributed by atoms with E-state index < -0.39 is 0 Å². The first kappa shape index (κ1) is 9.39. The van der Waals surface area contributed by atoms with Crippen molar-refractivity contribution in [1.82, 2.24) is 14.8 Å². The zero-order valence-electron chi connectivity index (χ0n) is 9.18. The van der Waals surface area contributed by atoms with Gasteiger partial charge in [0.25, 0.3) is 0 Å². The molecule has 1 aliphatic carbocycles. The summed E-state index contributed by atoms with van der Waals surface area (Å²) in [6, 6.07) is 3.83. The van der Waals surface area contributed by atoms with Crippen LogP contribution in [0, 0.1) is 0 Å². The molecule has 1 aliphatic rings. The van der Waals surface area contributed by atoms with E-state index in [1.165, 1.54) is 17.7 Å². The topological polar surface area (TPSA) is 39.9 Å². The molecule has 3 rings (SSSR count). The fourth-order valence-corrected chi connectivity index (χ4v) is 2.10. The summed E-state index contributed by atoms with van der Waals surface area (Å²) < 4.78 is 7.01. The number of aromatic nitrogens is 3. The summed E-state index contributed by atoms with van der Waals surface area (Å²) in [6.07, 6.45) is 7.33. The number of fused-ring (bicyclic) bond motifs is 1. The lowest BCUT2D eigenvalue weighted by atomic mass is 10.3. The van der Waals surface area contributed by atoms with Crippen LogP contribution in [0.25, 0.3) is 5.69 Å². The molecule has 0 spiro atoms. The molecule has 2 aromatic heterocycles. The highest BCUT2D eigenvalue weighted by atomic mass is 16.5. The standard InChI is InChI=1S/C12H13N3O/c1-16-12-7-10(5-6-13-12)15-8-9-3-2-4-11(9)14-15/h5-8H,2-4H2,1H3. The molecule has 0 aromatic carbocycles. The molecule has 82 valence electrons. The van der Waals surface area contributed by atoms with Gasteiger partial charge in [-0.3, -0.25) is 0 Å². The smallest absolute Gasteiger partial charge is 0.215 e. The van der Waals surface area contributed by atoms with Gasteiger partial charge in [0.05, 0.1) is 18.5 Å². The molecule has 2 heterocycles. The van der Waals surface area contributed by atoms with Gasteiger partial charge in [-0.1, -0.05) is 0 Å². The monoisotopic (exact) mass is 215 g/mol. The van der Waals surface area contributed by atoms with Crippen LogP contribution in [0.4, 0.5) is 0 Å². The molecule has 0 atom stereocenters. The minimum absolute atomic E-state index is 0.619. The highest BCUT2D eigenvalue weighted by molar-refractivity contribution is 5.36. The van der Waals surface area contributed by atoms with Gasteiger partial charge in [0, 0.05) is 18.5 Å². The molecule has 4 nitrogen and oxygen atoms in total. The van der Waals surface area contributed by atoms with E-state index in [0.717, 1.165) is 18.5 Å². The minimum atomic E-state index is 0.619. The second kappa shape index (κ2) is 3.63. The number of rotatable bonds is 2. The van der Waals surface area contributed by atoms with Gasteiger partial charge < -0.3 is 4.74 Å². The minimum Gasteiger partial charge on any atom is -0.481 e. The quantitative estimate of drug-likeness (QED) is 0.766. The molecule has 0 amide bonds. The molecule has 0 saturated carbocycles. The summed E-state index contributed by atoms with van der Waals surface area (Å²) in [5, 5.41) is 4.57. The van der Waals surface area contributed by atoms with E-state index in [0.29, 0.717) is 5.88 Å². The van der Waals surface area contributed by atoms with Crippen molar-refractivity contribution in [1.29, 1.82) is 0 Å². The predicted molar refractivity (Wildman–Crippen MR) is 59.9 cm³/mol. The zero-order valence-corrected chi connectivity index (χ0v) is 9.18. The molecule has 0 N–H and O–H groups in total. The fourth-order valence-electron chi connectivity index (χ4n) is 2.10. The summed E-state index contributed by atoms with van der Waals surface area (Å²) in [6.45, 7) is 0. The third-order valence-corrected chi connectivity index (χ3v) is 2.93. The van der Waals surface area contributed by atoms with E-state index in [9.17, 15) is 0 Å². The van der Waals surface area contributed by atoms with Gasteiger partial charge in [-0.25, -0.2) is 9.67 Å². The first-order chi connectivity index (χ1) is 7.86. The number of hydrogen-bond acceptors (Lipinski definition) is 3. The SMILES string of the molecule is COc1cc(-n2cc3c(n2)CCC3)ccn1. The Morgan fingerprint density at radius 1 is 1.38 bits per heavy atom. The van der Waals surface area contributed by atoms with Crippen molar-refractivity contribution in [3.8, 4) is 11.6 Å². The van der Waals surface area contributed by atoms with E-state index in [-0.39, 0.29) is 0 Å². The Labute approximate surface area is 93.9 Å². The van der Waals surface area contributed by atoms with Crippen LogP contribution in [0.15, 0.2) is 24.5 Å². The summed E-state index contributed by atoms with van der Waals surface area (Å²) in [4.78, 5) is 4.08. The van der Waals surface area contributed by atoms with Crippen LogP contribution in [-0.4, -0.2) is 21.9 Å². The fraction of sp³-hybridized carbons (Fsp3) is 0.333. The lowest BCUT2D eigenvalue weighted by Crippen LogP contribution is -1.98. The Morgan fingerprint density at radius 3 is 3.12 bits per heavy atom. The maximum absolute atomic E-state index is 5.10. The van der Waals surface area contributed by atoms with Crippen LogP contribution >= 0.6 is 0 Å². The lowest BCUT2D eigenvalue weighted by Gasteiger charge is -2.03. The Balaban J connectivity index is 2.01. The number of pyridine rings is 1. The molecule has 0 fully saturated rings. The van der Waals surface area contributed by atoms with Crippen molar-refractivity contribution in [2.75, 3.05) is 7.11 Å². The number of hydrogen-bond donors (Lipinski definition) is 0. The molecule has 16 heavy (non-hydrogen) atoms. The van der Waals surface area contributed by atoms with E-state index in [1.54, 1.807) is 13.3 Å². The molecular weight excluding hydrogens is 202 g/mol. The molecule has 0 saturated heterocycles. The van der Waals surface area contributed by atoms with Crippen molar-refractivity contribution in [3.63, 3.8) is 0 Å². The van der Waals surface area contributed by atoms with Gasteiger partial charge in [-0.15, -0.1) is 0 Å². The molecule has 0 bridgehead atoms. The van der Waals surface area contributed by atoms with Crippen molar-refractivity contribution < 1.29 is 4.74 Å². The van der Waals surface area contributed by atoms with Crippen molar-refractivity contribution in [2.45, 2.75) is 19.3 Å². The van der Waals surface area contributed by atoms with Gasteiger partial charge >= 0.3 is 0 Å². The first-order valence-electron chi connectivity index (χ1n) is 5.44. The highest BCUT2D eigenvalue weighted by Crippen LogP contribution is 2.22. The first-order valence-corrected chi connectivity index (χ1v) is 5.44. The second-order valence-electron chi connectivity index (χ2n) is 3.96. The lowest BCUT2D eigenvalue weighted by molar-refractivity contribution is 0.397. The van der Waals surface area contributed by atoms with Crippen LogP contribution in [-0.2, 0) is 12.8 Å². The highest BCUT2D eigenvalue weighted by Gasteiger charge is 2.15. The average Bonchev–Trinajstić information content (AvgIpc) is 2.89. The van der Waals surface area contributed by atoms with Crippen LogP contribution in [0.2, 0.25) is 0 Å². The van der Waals surface area contributed by atoms with Crippen LogP contribution in [0.5, 0.6) is 5.88 Å². The Morgan fingerprint density at radius 2 is 2.31 bits per heavy atom. The van der Waals surface area contributed by atoms with E-state index in [4.69, 9.17) is 4.74 Å². The molecule has 2 aromatic rings. The summed E-state index contributed by atoms with van der Waals surface area (Å²) in [5.74, 6) is 0.619. The molecule has 4 heteroatoms. The van der Waals surface area contributed by atoms with Crippen LogP contribution < -0.4 is 4.74 Å². The van der Waals surface area contributed by atoms with E-state index >= 15 is 0 Å². The van der Waals surface area contributed by atoms with Crippen LogP contribution in [0.3, 0.4) is 0 Å². The van der Waals surface area contributed by atoms with Gasteiger partial charge in [-0.2, -0.15) is 5.10 Å². The second-order valence-corrected chi connectivity index (χ2v) is 3.96. The Kier molecular flexibility index (Phi) is 2.13. The summed E-state index contributed by atoms with van der Waals surface area (Å²) in [7, 11) is 1.62. The Bertz CT molecular complexity index is 497. The van der Waals surface area contributed by atoms with Gasteiger partial charge in [0.1, 0.15) is 0 Å². The molecule has 0 aliphatic heterocycles. The van der Waals surface area contributed by atoms with Gasteiger partial charge in [-0.05, 0) is 30.9 Å². The number of methoxy groups -OCH3 is 1. The van der Waals surface area contributed by atoms with E-state index in [2.05, 4.69) is 16.3 Å². The van der Waals surface area contributed by atoms with Crippen LogP contribution in [0.1, 0.15) is 17.7 Å². The van der Waals surface area contributed by atoms with Crippen molar-refractivity contribution in [3.05, 3.63) is 35.8 Å². The number of aryl methyl sites for hydroxylation is 2. The van der Waals surface area contributed by atoms with Gasteiger partial charge in [0.15, 0.2) is 0 Å². The molecular formula is C12H13N3O. The molecule has 0 unspecified atom stereocenters. The van der Waals surface area contributed by atoms with Gasteiger partial charge in [0.2, 0.25) is 5.88 Å². The summed E-state index contributed by atoms with van der Waals surface area (Å²) >= 11 is 0. The largest absolute Gasteiger partial charge is 0.481 e. The third kappa shape index (κ3) is 1.46. The summed E-state index contributed by atoms with van der Waals surface area (Å²) in [5.41, 5.74) is 3.60. The zero-order chi connectivity index (χ0) is 11.0.